The molecule has 1 aromatic rings. The quantitative estimate of drug-likeness (QED) is 0.772. The van der Waals surface area contributed by atoms with Gasteiger partial charge in [-0.1, -0.05) is 0 Å². The molecule has 24 heavy (non-hydrogen) atoms. The topological polar surface area (TPSA) is 90.7 Å². The molecule has 0 unspecified atom stereocenters. The summed E-state index contributed by atoms with van der Waals surface area (Å²) in [5.41, 5.74) is 0.990. The highest BCUT2D eigenvalue weighted by Gasteiger charge is 2.42. The Labute approximate surface area is 141 Å². The molecule has 2 saturated heterocycles. The van der Waals surface area contributed by atoms with Gasteiger partial charge in [-0.2, -0.15) is 9.57 Å². The number of hydrogen-bond acceptors (Lipinski definition) is 5. The molecule has 0 radical (unpaired) electrons. The van der Waals surface area contributed by atoms with Crippen LogP contribution in [-0.4, -0.2) is 68.2 Å². The van der Waals surface area contributed by atoms with Crippen molar-refractivity contribution in [2.24, 2.45) is 0 Å². The first-order valence-corrected chi connectivity index (χ1v) is 9.63. The SMILES string of the molecule is CS(=O)(=O)N1CCO[C@@H]2CCN(C(=O)c3ccc(C#N)cc3)C[C@H]21. The summed E-state index contributed by atoms with van der Waals surface area (Å²) in [5.74, 6) is -0.156. The van der Waals surface area contributed by atoms with Gasteiger partial charge in [-0.15, -0.1) is 0 Å². The van der Waals surface area contributed by atoms with Crippen LogP contribution in [0.2, 0.25) is 0 Å². The molecule has 0 spiro atoms. The number of morpholine rings is 1. The predicted octanol–water partition coefficient (Wildman–Crippen LogP) is 0.433. The van der Waals surface area contributed by atoms with Gasteiger partial charge in [-0.25, -0.2) is 8.42 Å². The summed E-state index contributed by atoms with van der Waals surface area (Å²) in [6.45, 7) is 1.55. The molecule has 0 aliphatic carbocycles. The third-order valence-corrected chi connectivity index (χ3v) is 5.81. The van der Waals surface area contributed by atoms with Crippen molar-refractivity contribution in [3.8, 4) is 6.07 Å². The van der Waals surface area contributed by atoms with Crippen molar-refractivity contribution in [2.45, 2.75) is 18.6 Å². The second-order valence-corrected chi connectivity index (χ2v) is 8.01. The fourth-order valence-electron chi connectivity index (χ4n) is 3.31. The molecular formula is C16H19N3O4S. The van der Waals surface area contributed by atoms with E-state index >= 15 is 0 Å². The number of hydrogen-bond donors (Lipinski definition) is 0. The summed E-state index contributed by atoms with van der Waals surface area (Å²) < 4.78 is 31.1. The Morgan fingerprint density at radius 1 is 1.29 bits per heavy atom. The monoisotopic (exact) mass is 349 g/mol. The molecule has 2 aliphatic heterocycles. The summed E-state index contributed by atoms with van der Waals surface area (Å²) in [6.07, 6.45) is 1.63. The lowest BCUT2D eigenvalue weighted by atomic mass is 9.99. The minimum atomic E-state index is -3.34. The standard InChI is InChI=1S/C16H19N3O4S/c1-24(21,22)19-8-9-23-15-6-7-18(11-14(15)19)16(20)13-4-2-12(10-17)3-5-13/h2-5,14-15H,6-9,11H2,1H3/t14-,15-/m1/s1. The van der Waals surface area contributed by atoms with Crippen LogP contribution in [0.25, 0.3) is 0 Å². The number of benzene rings is 1. The average molecular weight is 349 g/mol. The number of likely N-dealkylation sites (tertiary alicyclic amines) is 1. The number of nitrogens with zero attached hydrogens (tertiary/aromatic N) is 3. The highest BCUT2D eigenvalue weighted by Crippen LogP contribution is 2.26. The molecule has 2 heterocycles. The number of fused-ring (bicyclic) bond motifs is 1. The summed E-state index contributed by atoms with van der Waals surface area (Å²) in [4.78, 5) is 14.3. The summed E-state index contributed by atoms with van der Waals surface area (Å²) >= 11 is 0. The van der Waals surface area contributed by atoms with E-state index in [0.717, 1.165) is 0 Å². The van der Waals surface area contributed by atoms with Crippen LogP contribution in [0.15, 0.2) is 24.3 Å². The maximum absolute atomic E-state index is 12.7. The van der Waals surface area contributed by atoms with E-state index in [1.165, 1.54) is 10.6 Å². The van der Waals surface area contributed by atoms with Crippen LogP contribution in [0.5, 0.6) is 0 Å². The van der Waals surface area contributed by atoms with Gasteiger partial charge in [0, 0.05) is 25.2 Å². The number of piperidine rings is 1. The first-order valence-electron chi connectivity index (χ1n) is 7.78. The second kappa shape index (κ2) is 6.51. The molecule has 0 bridgehead atoms. The van der Waals surface area contributed by atoms with Crippen LogP contribution in [0.3, 0.4) is 0 Å². The Morgan fingerprint density at radius 2 is 2.00 bits per heavy atom. The van der Waals surface area contributed by atoms with Gasteiger partial charge in [-0.05, 0) is 30.7 Å². The number of nitriles is 1. The van der Waals surface area contributed by atoms with Gasteiger partial charge in [0.2, 0.25) is 10.0 Å². The van der Waals surface area contributed by atoms with Gasteiger partial charge in [-0.3, -0.25) is 4.79 Å². The Kier molecular flexibility index (Phi) is 4.58. The molecule has 0 aromatic heterocycles. The number of rotatable bonds is 2. The first-order chi connectivity index (χ1) is 11.4. The van der Waals surface area contributed by atoms with Crippen molar-refractivity contribution in [3.63, 3.8) is 0 Å². The maximum atomic E-state index is 12.7. The van der Waals surface area contributed by atoms with E-state index in [-0.39, 0.29) is 18.1 Å². The fourth-order valence-corrected chi connectivity index (χ4v) is 4.41. The van der Waals surface area contributed by atoms with Crippen LogP contribution in [0, 0.1) is 11.3 Å². The average Bonchev–Trinajstić information content (AvgIpc) is 2.59. The molecular weight excluding hydrogens is 330 g/mol. The van der Waals surface area contributed by atoms with Crippen molar-refractivity contribution in [2.75, 3.05) is 32.5 Å². The number of amides is 1. The maximum Gasteiger partial charge on any atom is 0.253 e. The minimum Gasteiger partial charge on any atom is -0.375 e. The van der Waals surface area contributed by atoms with Gasteiger partial charge in [0.1, 0.15) is 0 Å². The Balaban J connectivity index is 1.78. The van der Waals surface area contributed by atoms with Crippen LogP contribution < -0.4 is 0 Å². The van der Waals surface area contributed by atoms with Crippen molar-refractivity contribution in [1.82, 2.24) is 9.21 Å². The Hall–Kier alpha value is -1.95. The van der Waals surface area contributed by atoms with E-state index in [0.29, 0.717) is 43.8 Å². The zero-order valence-corrected chi connectivity index (χ0v) is 14.2. The van der Waals surface area contributed by atoms with Crippen LogP contribution >= 0.6 is 0 Å². The van der Waals surface area contributed by atoms with Gasteiger partial charge < -0.3 is 9.64 Å². The lowest BCUT2D eigenvalue weighted by Crippen LogP contribution is -2.61. The Bertz CT molecular complexity index is 770. The lowest BCUT2D eigenvalue weighted by Gasteiger charge is -2.45. The van der Waals surface area contributed by atoms with E-state index in [2.05, 4.69) is 0 Å². The molecule has 1 aromatic carbocycles. The van der Waals surface area contributed by atoms with Crippen molar-refractivity contribution < 1.29 is 17.9 Å². The lowest BCUT2D eigenvalue weighted by molar-refractivity contribution is -0.0704. The minimum absolute atomic E-state index is 0.156. The molecule has 3 rings (SSSR count). The van der Waals surface area contributed by atoms with Gasteiger partial charge in [0.25, 0.3) is 5.91 Å². The molecule has 128 valence electrons. The molecule has 0 saturated carbocycles. The fraction of sp³-hybridized carbons (Fsp3) is 0.500. The van der Waals surface area contributed by atoms with Gasteiger partial charge in [0.05, 0.1) is 36.6 Å². The van der Waals surface area contributed by atoms with Crippen LogP contribution in [-0.2, 0) is 14.8 Å². The second-order valence-electron chi connectivity index (χ2n) is 6.08. The van der Waals surface area contributed by atoms with E-state index in [4.69, 9.17) is 10.00 Å². The molecule has 0 N–H and O–H groups in total. The number of carbonyl (C=O) groups is 1. The number of sulfonamides is 1. The zero-order chi connectivity index (χ0) is 17.3. The highest BCUT2D eigenvalue weighted by atomic mass is 32.2. The zero-order valence-electron chi connectivity index (χ0n) is 13.4. The van der Waals surface area contributed by atoms with E-state index in [1.807, 2.05) is 6.07 Å². The van der Waals surface area contributed by atoms with Crippen molar-refractivity contribution in [1.29, 1.82) is 5.26 Å². The molecule has 1 amide bonds. The highest BCUT2D eigenvalue weighted by molar-refractivity contribution is 7.88. The van der Waals surface area contributed by atoms with E-state index < -0.39 is 10.0 Å². The summed E-state index contributed by atoms with van der Waals surface area (Å²) in [6, 6.07) is 8.13. The predicted molar refractivity (Wildman–Crippen MR) is 86.8 cm³/mol. The summed E-state index contributed by atoms with van der Waals surface area (Å²) in [5, 5.41) is 8.83. The number of ether oxygens (including phenoxy) is 1. The van der Waals surface area contributed by atoms with Crippen LogP contribution in [0.4, 0.5) is 0 Å². The van der Waals surface area contributed by atoms with E-state index in [1.54, 1.807) is 29.2 Å². The third kappa shape index (κ3) is 3.29. The molecule has 7 nitrogen and oxygen atoms in total. The molecule has 2 aliphatic rings. The van der Waals surface area contributed by atoms with Gasteiger partial charge >= 0.3 is 0 Å². The van der Waals surface area contributed by atoms with Crippen molar-refractivity contribution >= 4 is 15.9 Å². The van der Waals surface area contributed by atoms with Crippen molar-refractivity contribution in [3.05, 3.63) is 35.4 Å². The third-order valence-electron chi connectivity index (χ3n) is 4.51. The largest absolute Gasteiger partial charge is 0.375 e. The molecule has 2 fully saturated rings. The first kappa shape index (κ1) is 16.9. The molecule has 8 heteroatoms. The molecule has 2 atom stereocenters. The van der Waals surface area contributed by atoms with E-state index in [9.17, 15) is 13.2 Å². The van der Waals surface area contributed by atoms with Gasteiger partial charge in [0.15, 0.2) is 0 Å². The van der Waals surface area contributed by atoms with Crippen LogP contribution in [0.1, 0.15) is 22.3 Å². The normalized spacial score (nSPS) is 24.9. The number of carbonyl (C=O) groups excluding carboxylic acids is 1. The summed E-state index contributed by atoms with van der Waals surface area (Å²) in [7, 11) is -3.34. The Morgan fingerprint density at radius 3 is 2.62 bits per heavy atom. The smallest absolute Gasteiger partial charge is 0.253 e.